The van der Waals surface area contributed by atoms with Crippen LogP contribution in [0.5, 0.6) is 0 Å². The van der Waals surface area contributed by atoms with Crippen LogP contribution in [0.4, 0.5) is 4.79 Å². The number of carbonyl (C=O) groups is 1. The van der Waals surface area contributed by atoms with Gasteiger partial charge in [0.25, 0.3) is 0 Å². The van der Waals surface area contributed by atoms with Crippen LogP contribution in [-0.4, -0.2) is 80.8 Å². The van der Waals surface area contributed by atoms with Gasteiger partial charge in [0.2, 0.25) is 0 Å². The molecule has 0 saturated carbocycles. The van der Waals surface area contributed by atoms with E-state index in [9.17, 15) is 4.79 Å². The molecule has 2 heterocycles. The highest BCUT2D eigenvalue weighted by atomic mass is 16.5. The van der Waals surface area contributed by atoms with Crippen molar-refractivity contribution in [1.29, 1.82) is 0 Å². The highest BCUT2D eigenvalue weighted by Crippen LogP contribution is 2.16. The van der Waals surface area contributed by atoms with Crippen LogP contribution in [0.25, 0.3) is 0 Å². The van der Waals surface area contributed by atoms with Crippen molar-refractivity contribution in [3.8, 4) is 0 Å². The second kappa shape index (κ2) is 9.71. The van der Waals surface area contributed by atoms with E-state index in [4.69, 9.17) is 4.74 Å². The number of methoxy groups -OCH3 is 1. The van der Waals surface area contributed by atoms with Gasteiger partial charge in [-0.15, -0.1) is 0 Å². The van der Waals surface area contributed by atoms with Crippen LogP contribution in [0, 0.1) is 0 Å². The number of nitrogens with zero attached hydrogens (tertiary/aromatic N) is 3. The van der Waals surface area contributed by atoms with Crippen molar-refractivity contribution in [1.82, 2.24) is 20.4 Å². The molecule has 0 radical (unpaired) electrons. The standard InChI is InChI=1S/C17H33N5O2/c1-4-21-10-6-5-7-15(21)13-19-16(18-2)20-14-8-11-22(12-9-14)17(23)24-3/h14-15H,4-13H2,1-3H3,(H2,18,19,20). The highest BCUT2D eigenvalue weighted by Gasteiger charge is 2.24. The number of hydrogen-bond acceptors (Lipinski definition) is 4. The summed E-state index contributed by atoms with van der Waals surface area (Å²) in [6.45, 7) is 6.96. The van der Waals surface area contributed by atoms with Crippen molar-refractivity contribution in [3.63, 3.8) is 0 Å². The summed E-state index contributed by atoms with van der Waals surface area (Å²) < 4.78 is 4.78. The third-order valence-corrected chi connectivity index (χ3v) is 5.15. The number of piperidine rings is 2. The molecule has 2 saturated heterocycles. The second-order valence-electron chi connectivity index (χ2n) is 6.61. The molecule has 2 aliphatic rings. The predicted octanol–water partition coefficient (Wildman–Crippen LogP) is 1.26. The third kappa shape index (κ3) is 5.26. The van der Waals surface area contributed by atoms with Crippen molar-refractivity contribution >= 4 is 12.1 Å². The van der Waals surface area contributed by atoms with Crippen molar-refractivity contribution in [3.05, 3.63) is 0 Å². The molecule has 24 heavy (non-hydrogen) atoms. The molecule has 0 bridgehead atoms. The number of ether oxygens (including phenoxy) is 1. The first-order chi connectivity index (χ1) is 11.7. The van der Waals surface area contributed by atoms with Gasteiger partial charge < -0.3 is 20.3 Å². The van der Waals surface area contributed by atoms with Gasteiger partial charge in [0.05, 0.1) is 7.11 Å². The Balaban J connectivity index is 1.74. The number of guanidine groups is 1. The van der Waals surface area contributed by atoms with Crippen LogP contribution in [0.1, 0.15) is 39.0 Å². The molecule has 0 aliphatic carbocycles. The molecule has 2 aliphatic heterocycles. The molecule has 7 nitrogen and oxygen atoms in total. The molecule has 0 spiro atoms. The Morgan fingerprint density at radius 2 is 1.96 bits per heavy atom. The molecule has 1 atom stereocenters. The van der Waals surface area contributed by atoms with Gasteiger partial charge in [-0.1, -0.05) is 13.3 Å². The number of hydrogen-bond donors (Lipinski definition) is 2. The molecule has 138 valence electrons. The van der Waals surface area contributed by atoms with Gasteiger partial charge >= 0.3 is 6.09 Å². The van der Waals surface area contributed by atoms with E-state index >= 15 is 0 Å². The van der Waals surface area contributed by atoms with E-state index in [1.165, 1.54) is 32.9 Å². The smallest absolute Gasteiger partial charge is 0.409 e. The SMILES string of the molecule is CCN1CCCCC1CNC(=NC)NC1CCN(C(=O)OC)CC1. The number of nitrogens with one attached hydrogen (secondary N) is 2. The van der Waals surface area contributed by atoms with E-state index < -0.39 is 0 Å². The molecule has 1 unspecified atom stereocenters. The van der Waals surface area contributed by atoms with Gasteiger partial charge in [-0.2, -0.15) is 0 Å². The highest BCUT2D eigenvalue weighted by molar-refractivity contribution is 5.80. The van der Waals surface area contributed by atoms with Crippen molar-refractivity contribution < 1.29 is 9.53 Å². The number of likely N-dealkylation sites (tertiary alicyclic amines) is 2. The maximum absolute atomic E-state index is 11.5. The summed E-state index contributed by atoms with van der Waals surface area (Å²) in [6, 6.07) is 0.953. The van der Waals surface area contributed by atoms with Gasteiger partial charge in [-0.05, 0) is 38.8 Å². The fraction of sp³-hybridized carbons (Fsp3) is 0.882. The zero-order valence-corrected chi connectivity index (χ0v) is 15.4. The molecular weight excluding hydrogens is 306 g/mol. The van der Waals surface area contributed by atoms with E-state index in [1.807, 2.05) is 7.05 Å². The number of aliphatic imine (C=N–C) groups is 1. The summed E-state index contributed by atoms with van der Waals surface area (Å²) >= 11 is 0. The molecule has 2 fully saturated rings. The third-order valence-electron chi connectivity index (χ3n) is 5.15. The first-order valence-electron chi connectivity index (χ1n) is 9.22. The molecular formula is C17H33N5O2. The lowest BCUT2D eigenvalue weighted by molar-refractivity contribution is 0.111. The van der Waals surface area contributed by atoms with Gasteiger partial charge in [-0.25, -0.2) is 4.79 Å². The minimum Gasteiger partial charge on any atom is -0.453 e. The van der Waals surface area contributed by atoms with Crippen molar-refractivity contribution in [2.45, 2.75) is 51.1 Å². The summed E-state index contributed by atoms with van der Waals surface area (Å²) in [5.74, 6) is 0.869. The van der Waals surface area contributed by atoms with Crippen molar-refractivity contribution in [2.75, 3.05) is 46.9 Å². The quantitative estimate of drug-likeness (QED) is 0.596. The Bertz CT molecular complexity index is 421. The number of amides is 1. The van der Waals surface area contributed by atoms with Gasteiger partial charge in [0, 0.05) is 38.8 Å². The molecule has 7 heteroatoms. The Morgan fingerprint density at radius 3 is 2.58 bits per heavy atom. The zero-order chi connectivity index (χ0) is 17.4. The van der Waals surface area contributed by atoms with E-state index in [0.29, 0.717) is 12.1 Å². The second-order valence-corrected chi connectivity index (χ2v) is 6.61. The van der Waals surface area contributed by atoms with Gasteiger partial charge in [-0.3, -0.25) is 9.89 Å². The summed E-state index contributed by atoms with van der Waals surface area (Å²) in [6.07, 6.45) is 5.50. The molecule has 2 N–H and O–H groups in total. The minimum atomic E-state index is -0.229. The number of rotatable bonds is 4. The van der Waals surface area contributed by atoms with Crippen molar-refractivity contribution in [2.24, 2.45) is 4.99 Å². The molecule has 0 aromatic heterocycles. The summed E-state index contributed by atoms with van der Waals surface area (Å²) in [5.41, 5.74) is 0. The monoisotopic (exact) mass is 339 g/mol. The Labute approximate surface area is 145 Å². The largest absolute Gasteiger partial charge is 0.453 e. The lowest BCUT2D eigenvalue weighted by Gasteiger charge is -2.36. The van der Waals surface area contributed by atoms with E-state index in [2.05, 4.69) is 27.4 Å². The van der Waals surface area contributed by atoms with Crippen LogP contribution < -0.4 is 10.6 Å². The van der Waals surface area contributed by atoms with E-state index in [-0.39, 0.29) is 6.09 Å². The summed E-state index contributed by atoms with van der Waals surface area (Å²) in [4.78, 5) is 20.2. The Morgan fingerprint density at radius 1 is 1.21 bits per heavy atom. The van der Waals surface area contributed by atoms with Crippen LogP contribution in [0.2, 0.25) is 0 Å². The molecule has 2 rings (SSSR count). The molecule has 1 amide bonds. The van der Waals surface area contributed by atoms with E-state index in [0.717, 1.165) is 45.0 Å². The topological polar surface area (TPSA) is 69.2 Å². The number of carbonyl (C=O) groups excluding carboxylic acids is 1. The van der Waals surface area contributed by atoms with E-state index in [1.54, 1.807) is 4.90 Å². The summed E-state index contributed by atoms with van der Waals surface area (Å²) in [5, 5.41) is 6.98. The average Bonchev–Trinajstić information content (AvgIpc) is 2.65. The maximum Gasteiger partial charge on any atom is 0.409 e. The van der Waals surface area contributed by atoms with Crippen LogP contribution in [0.3, 0.4) is 0 Å². The van der Waals surface area contributed by atoms with Gasteiger partial charge in [0.1, 0.15) is 0 Å². The Hall–Kier alpha value is -1.50. The number of likely N-dealkylation sites (N-methyl/N-ethyl adjacent to an activating group) is 1. The average molecular weight is 339 g/mol. The minimum absolute atomic E-state index is 0.229. The zero-order valence-electron chi connectivity index (χ0n) is 15.4. The first kappa shape index (κ1) is 18.8. The van der Waals surface area contributed by atoms with Crippen LogP contribution in [-0.2, 0) is 4.74 Å². The normalized spacial score (nSPS) is 23.9. The van der Waals surface area contributed by atoms with Gasteiger partial charge in [0.15, 0.2) is 5.96 Å². The van der Waals surface area contributed by atoms with Crippen LogP contribution >= 0.6 is 0 Å². The molecule has 0 aromatic carbocycles. The molecule has 0 aromatic rings. The Kier molecular flexibility index (Phi) is 7.62. The fourth-order valence-corrected chi connectivity index (χ4v) is 3.65. The first-order valence-corrected chi connectivity index (χ1v) is 9.22. The lowest BCUT2D eigenvalue weighted by Crippen LogP contribution is -2.52. The lowest BCUT2D eigenvalue weighted by atomic mass is 10.0. The summed E-state index contributed by atoms with van der Waals surface area (Å²) in [7, 11) is 3.25. The maximum atomic E-state index is 11.5. The fourth-order valence-electron chi connectivity index (χ4n) is 3.65. The van der Waals surface area contributed by atoms with Crippen LogP contribution in [0.15, 0.2) is 4.99 Å². The predicted molar refractivity (Wildman–Crippen MR) is 96.4 cm³/mol.